The van der Waals surface area contributed by atoms with E-state index in [1.807, 2.05) is 35.2 Å². The number of aliphatic hydroxyl groups is 1. The molecule has 2 fully saturated rings. The van der Waals surface area contributed by atoms with Crippen molar-refractivity contribution in [1.29, 1.82) is 0 Å². The molecule has 0 bridgehead atoms. The number of carbonyl (C=O) groups is 2. The van der Waals surface area contributed by atoms with Gasteiger partial charge in [-0.3, -0.25) is 9.59 Å². The Balaban J connectivity index is 1.47. The van der Waals surface area contributed by atoms with Gasteiger partial charge in [0, 0.05) is 36.5 Å². The third-order valence-electron chi connectivity index (χ3n) is 6.06. The van der Waals surface area contributed by atoms with Gasteiger partial charge in [-0.05, 0) is 37.8 Å². The Kier molecular flexibility index (Phi) is 6.30. The van der Waals surface area contributed by atoms with Crippen LogP contribution in [-0.2, 0) is 4.79 Å². The summed E-state index contributed by atoms with van der Waals surface area (Å²) < 4.78 is 0. The summed E-state index contributed by atoms with van der Waals surface area (Å²) in [6, 6.07) is 9.31. The van der Waals surface area contributed by atoms with Crippen LogP contribution in [0.15, 0.2) is 30.3 Å². The molecule has 0 aromatic heterocycles. The normalized spacial score (nSPS) is 20.6. The number of hydrogen-bond acceptors (Lipinski definition) is 3. The molecule has 5 nitrogen and oxygen atoms in total. The Morgan fingerprint density at radius 1 is 1.08 bits per heavy atom. The van der Waals surface area contributed by atoms with Crippen molar-refractivity contribution >= 4 is 11.8 Å². The quantitative estimate of drug-likeness (QED) is 0.850. The van der Waals surface area contributed by atoms with Gasteiger partial charge in [0.2, 0.25) is 5.91 Å². The number of benzene rings is 1. The van der Waals surface area contributed by atoms with E-state index >= 15 is 0 Å². The SMILES string of the molecule is O=C(NCC1(CO)CCCCC1)C1CCN(C(=O)c2ccccc2)CC1. The molecule has 5 heteroatoms. The summed E-state index contributed by atoms with van der Waals surface area (Å²) in [7, 11) is 0. The highest BCUT2D eigenvalue weighted by Gasteiger charge is 2.33. The van der Waals surface area contributed by atoms with E-state index < -0.39 is 0 Å². The van der Waals surface area contributed by atoms with E-state index in [2.05, 4.69) is 5.32 Å². The topological polar surface area (TPSA) is 69.6 Å². The molecular weight excluding hydrogens is 328 g/mol. The molecule has 2 N–H and O–H groups in total. The van der Waals surface area contributed by atoms with Gasteiger partial charge in [-0.25, -0.2) is 0 Å². The molecule has 1 aliphatic carbocycles. The molecule has 2 amide bonds. The molecule has 1 saturated heterocycles. The Hall–Kier alpha value is -1.88. The summed E-state index contributed by atoms with van der Waals surface area (Å²) in [6.45, 7) is 1.97. The van der Waals surface area contributed by atoms with Crippen LogP contribution in [0.1, 0.15) is 55.3 Å². The molecule has 1 heterocycles. The Bertz CT molecular complexity index is 603. The summed E-state index contributed by atoms with van der Waals surface area (Å²) in [6.07, 6.45) is 6.89. The van der Waals surface area contributed by atoms with Crippen molar-refractivity contribution in [2.24, 2.45) is 11.3 Å². The third kappa shape index (κ3) is 4.44. The first-order chi connectivity index (χ1) is 12.6. The van der Waals surface area contributed by atoms with Crippen molar-refractivity contribution in [3.63, 3.8) is 0 Å². The molecule has 1 aliphatic heterocycles. The van der Waals surface area contributed by atoms with Crippen LogP contribution in [0, 0.1) is 11.3 Å². The zero-order valence-electron chi connectivity index (χ0n) is 15.5. The summed E-state index contributed by atoms with van der Waals surface area (Å²) in [5, 5.41) is 12.9. The highest BCUT2D eigenvalue weighted by atomic mass is 16.3. The maximum Gasteiger partial charge on any atom is 0.253 e. The summed E-state index contributed by atoms with van der Waals surface area (Å²) in [5.41, 5.74) is 0.579. The van der Waals surface area contributed by atoms with Gasteiger partial charge >= 0.3 is 0 Å². The predicted molar refractivity (Wildman–Crippen MR) is 101 cm³/mol. The minimum absolute atomic E-state index is 0.0332. The lowest BCUT2D eigenvalue weighted by atomic mass is 9.74. The lowest BCUT2D eigenvalue weighted by molar-refractivity contribution is -0.127. The molecule has 142 valence electrons. The number of nitrogens with zero attached hydrogens (tertiary/aromatic N) is 1. The minimum Gasteiger partial charge on any atom is -0.396 e. The third-order valence-corrected chi connectivity index (χ3v) is 6.06. The number of piperidine rings is 1. The fourth-order valence-electron chi connectivity index (χ4n) is 4.22. The van der Waals surface area contributed by atoms with E-state index in [4.69, 9.17) is 0 Å². The van der Waals surface area contributed by atoms with Crippen molar-refractivity contribution in [1.82, 2.24) is 10.2 Å². The van der Waals surface area contributed by atoms with Crippen LogP contribution in [0.5, 0.6) is 0 Å². The van der Waals surface area contributed by atoms with Gasteiger partial charge in [0.05, 0.1) is 6.61 Å². The zero-order valence-corrected chi connectivity index (χ0v) is 15.5. The molecule has 0 radical (unpaired) electrons. The van der Waals surface area contributed by atoms with Gasteiger partial charge in [0.1, 0.15) is 0 Å². The Morgan fingerprint density at radius 2 is 1.73 bits per heavy atom. The number of likely N-dealkylation sites (tertiary alicyclic amines) is 1. The van der Waals surface area contributed by atoms with Crippen LogP contribution in [0.3, 0.4) is 0 Å². The van der Waals surface area contributed by atoms with E-state index in [0.29, 0.717) is 38.0 Å². The molecule has 3 rings (SSSR count). The Labute approximate surface area is 155 Å². The number of rotatable bonds is 5. The summed E-state index contributed by atoms with van der Waals surface area (Å²) >= 11 is 0. The average Bonchev–Trinajstić information content (AvgIpc) is 2.73. The highest BCUT2D eigenvalue weighted by Crippen LogP contribution is 2.35. The van der Waals surface area contributed by atoms with E-state index in [1.54, 1.807) is 0 Å². The van der Waals surface area contributed by atoms with Gasteiger partial charge in [-0.1, -0.05) is 37.5 Å². The van der Waals surface area contributed by atoms with Crippen LogP contribution in [0.4, 0.5) is 0 Å². The predicted octanol–water partition coefficient (Wildman–Crippen LogP) is 2.60. The van der Waals surface area contributed by atoms with Gasteiger partial charge in [-0.2, -0.15) is 0 Å². The number of carbonyl (C=O) groups excluding carboxylic acids is 2. The van der Waals surface area contributed by atoms with Crippen LogP contribution >= 0.6 is 0 Å². The van der Waals surface area contributed by atoms with Crippen molar-refractivity contribution in [2.45, 2.75) is 44.9 Å². The second-order valence-electron chi connectivity index (χ2n) is 7.87. The first kappa shape index (κ1) is 18.9. The maximum atomic E-state index is 12.5. The van der Waals surface area contributed by atoms with Gasteiger partial charge in [0.15, 0.2) is 0 Å². The standard InChI is InChI=1S/C21H30N2O3/c24-16-21(11-5-2-6-12-21)15-22-19(25)17-9-13-23(14-10-17)20(26)18-7-3-1-4-8-18/h1,3-4,7-8,17,24H,2,5-6,9-16H2,(H,22,25). The number of amides is 2. The molecule has 1 aromatic rings. The van der Waals surface area contributed by atoms with E-state index in [0.717, 1.165) is 25.7 Å². The van der Waals surface area contributed by atoms with Gasteiger partial charge in [0.25, 0.3) is 5.91 Å². The summed E-state index contributed by atoms with van der Waals surface area (Å²) in [4.78, 5) is 26.9. The van der Waals surface area contributed by atoms with Crippen molar-refractivity contribution in [2.75, 3.05) is 26.2 Å². The number of aliphatic hydroxyl groups excluding tert-OH is 1. The smallest absolute Gasteiger partial charge is 0.253 e. The van der Waals surface area contributed by atoms with Gasteiger partial charge < -0.3 is 15.3 Å². The van der Waals surface area contributed by atoms with Crippen LogP contribution in [0.2, 0.25) is 0 Å². The van der Waals surface area contributed by atoms with Crippen molar-refractivity contribution in [3.8, 4) is 0 Å². The largest absolute Gasteiger partial charge is 0.396 e. The molecule has 1 aromatic carbocycles. The van der Waals surface area contributed by atoms with Crippen LogP contribution in [-0.4, -0.2) is 48.1 Å². The second-order valence-corrected chi connectivity index (χ2v) is 7.87. The maximum absolute atomic E-state index is 12.5. The molecule has 0 unspecified atom stereocenters. The molecular formula is C21H30N2O3. The number of nitrogens with one attached hydrogen (secondary N) is 1. The molecule has 2 aliphatic rings. The van der Waals surface area contributed by atoms with Crippen molar-refractivity contribution in [3.05, 3.63) is 35.9 Å². The molecule has 1 saturated carbocycles. The molecule has 26 heavy (non-hydrogen) atoms. The van der Waals surface area contributed by atoms with E-state index in [1.165, 1.54) is 6.42 Å². The van der Waals surface area contributed by atoms with Crippen LogP contribution < -0.4 is 5.32 Å². The minimum atomic E-state index is -0.127. The fourth-order valence-corrected chi connectivity index (χ4v) is 4.22. The monoisotopic (exact) mass is 358 g/mol. The molecule has 0 spiro atoms. The van der Waals surface area contributed by atoms with Crippen molar-refractivity contribution < 1.29 is 14.7 Å². The first-order valence-corrected chi connectivity index (χ1v) is 9.86. The van der Waals surface area contributed by atoms with E-state index in [9.17, 15) is 14.7 Å². The zero-order chi connectivity index (χ0) is 18.4. The fraction of sp³-hybridized carbons (Fsp3) is 0.619. The van der Waals surface area contributed by atoms with Gasteiger partial charge in [-0.15, -0.1) is 0 Å². The lowest BCUT2D eigenvalue weighted by Gasteiger charge is -2.37. The van der Waals surface area contributed by atoms with E-state index in [-0.39, 0.29) is 29.8 Å². The van der Waals surface area contributed by atoms with Crippen LogP contribution in [0.25, 0.3) is 0 Å². The highest BCUT2D eigenvalue weighted by molar-refractivity contribution is 5.94. The average molecular weight is 358 g/mol. The Morgan fingerprint density at radius 3 is 2.35 bits per heavy atom. The number of hydrogen-bond donors (Lipinski definition) is 2. The first-order valence-electron chi connectivity index (χ1n) is 9.86. The molecule has 0 atom stereocenters. The summed E-state index contributed by atoms with van der Waals surface area (Å²) in [5.74, 6) is 0.0928. The second kappa shape index (κ2) is 8.67. The lowest BCUT2D eigenvalue weighted by Crippen LogP contribution is -2.46.